The van der Waals surface area contributed by atoms with E-state index in [4.69, 9.17) is 13.9 Å². The molecule has 0 spiro atoms. The van der Waals surface area contributed by atoms with Crippen molar-refractivity contribution in [2.75, 3.05) is 0 Å². The summed E-state index contributed by atoms with van der Waals surface area (Å²) in [6, 6.07) is 14.6. The Kier molecular flexibility index (Phi) is 3.82. The van der Waals surface area contributed by atoms with E-state index in [1.807, 2.05) is 0 Å². The number of ether oxygens (including phenoxy) is 2. The molecule has 0 bridgehead atoms. The van der Waals surface area contributed by atoms with E-state index in [0.29, 0.717) is 29.4 Å². The van der Waals surface area contributed by atoms with Gasteiger partial charge in [-0.25, -0.2) is 4.39 Å². The lowest BCUT2D eigenvalue weighted by molar-refractivity contribution is 0.101. The standard InChI is InChI=1S/C20H13FO4/c21-14-5-3-13(4-6-14)12-24-16-7-8-17-18(10-16)25-19(20(17)22)11-15-2-1-9-23-15/h1-11H,12H2/b19-11+. The summed E-state index contributed by atoms with van der Waals surface area (Å²) in [5.74, 6) is 1.28. The van der Waals surface area contributed by atoms with Crippen molar-refractivity contribution in [3.63, 3.8) is 0 Å². The molecule has 0 saturated heterocycles. The number of halogens is 1. The van der Waals surface area contributed by atoms with Crippen LogP contribution in [0.25, 0.3) is 6.08 Å². The predicted molar refractivity (Wildman–Crippen MR) is 88.8 cm³/mol. The van der Waals surface area contributed by atoms with E-state index in [1.165, 1.54) is 18.4 Å². The molecular weight excluding hydrogens is 323 g/mol. The summed E-state index contributed by atoms with van der Waals surface area (Å²) in [5.41, 5.74) is 1.32. The fourth-order valence-corrected chi connectivity index (χ4v) is 2.51. The average Bonchev–Trinajstić information content (AvgIpc) is 3.23. The van der Waals surface area contributed by atoms with Crippen molar-refractivity contribution in [1.82, 2.24) is 0 Å². The van der Waals surface area contributed by atoms with Gasteiger partial charge in [0.2, 0.25) is 5.78 Å². The van der Waals surface area contributed by atoms with Crippen molar-refractivity contribution in [3.8, 4) is 11.5 Å². The predicted octanol–water partition coefficient (Wildman–Crippen LogP) is 4.61. The smallest absolute Gasteiger partial charge is 0.232 e. The van der Waals surface area contributed by atoms with Gasteiger partial charge in [0.05, 0.1) is 11.8 Å². The summed E-state index contributed by atoms with van der Waals surface area (Å²) in [4.78, 5) is 12.3. The number of furan rings is 1. The summed E-state index contributed by atoms with van der Waals surface area (Å²) in [6.45, 7) is 0.294. The van der Waals surface area contributed by atoms with Crippen LogP contribution in [0.2, 0.25) is 0 Å². The van der Waals surface area contributed by atoms with Crippen LogP contribution in [0.5, 0.6) is 11.5 Å². The monoisotopic (exact) mass is 336 g/mol. The van der Waals surface area contributed by atoms with Crippen LogP contribution in [0.15, 0.2) is 71.0 Å². The lowest BCUT2D eigenvalue weighted by Crippen LogP contribution is -1.97. The zero-order valence-corrected chi connectivity index (χ0v) is 13.1. The molecule has 0 fully saturated rings. The van der Waals surface area contributed by atoms with E-state index in [-0.39, 0.29) is 17.4 Å². The second-order valence-electron chi connectivity index (χ2n) is 5.53. The molecule has 1 aromatic heterocycles. The molecule has 5 heteroatoms. The van der Waals surface area contributed by atoms with Gasteiger partial charge >= 0.3 is 0 Å². The lowest BCUT2D eigenvalue weighted by atomic mass is 10.1. The molecule has 0 saturated carbocycles. The molecule has 3 aromatic rings. The van der Waals surface area contributed by atoms with Gasteiger partial charge in [-0.3, -0.25) is 4.79 Å². The Bertz CT molecular complexity index is 940. The third-order valence-electron chi connectivity index (χ3n) is 3.78. The summed E-state index contributed by atoms with van der Waals surface area (Å²) < 4.78 is 29.4. The van der Waals surface area contributed by atoms with E-state index in [1.54, 1.807) is 48.5 Å². The number of benzene rings is 2. The van der Waals surface area contributed by atoms with Crippen molar-refractivity contribution in [2.24, 2.45) is 0 Å². The van der Waals surface area contributed by atoms with Gasteiger partial charge in [0, 0.05) is 12.1 Å². The molecule has 0 amide bonds. The van der Waals surface area contributed by atoms with Gasteiger partial charge in [-0.1, -0.05) is 12.1 Å². The van der Waals surface area contributed by atoms with Crippen molar-refractivity contribution in [1.29, 1.82) is 0 Å². The lowest BCUT2D eigenvalue weighted by Gasteiger charge is -2.07. The molecule has 2 aromatic carbocycles. The summed E-state index contributed by atoms with van der Waals surface area (Å²) in [7, 11) is 0. The summed E-state index contributed by atoms with van der Waals surface area (Å²) in [5, 5.41) is 0. The van der Waals surface area contributed by atoms with Gasteiger partial charge in [-0.15, -0.1) is 0 Å². The van der Waals surface area contributed by atoms with Gasteiger partial charge < -0.3 is 13.9 Å². The zero-order chi connectivity index (χ0) is 17.2. The highest BCUT2D eigenvalue weighted by molar-refractivity contribution is 6.14. The molecule has 0 aliphatic carbocycles. The van der Waals surface area contributed by atoms with Crippen molar-refractivity contribution < 1.29 is 23.1 Å². The maximum Gasteiger partial charge on any atom is 0.232 e. The van der Waals surface area contributed by atoms with Gasteiger partial charge in [0.15, 0.2) is 5.76 Å². The number of ketones is 1. The first-order valence-corrected chi connectivity index (χ1v) is 7.68. The fraction of sp³-hybridized carbons (Fsp3) is 0.0500. The minimum Gasteiger partial charge on any atom is -0.489 e. The maximum atomic E-state index is 12.9. The molecule has 1 aliphatic heterocycles. The van der Waals surface area contributed by atoms with Gasteiger partial charge in [-0.05, 0) is 42.0 Å². The van der Waals surface area contributed by atoms with Crippen molar-refractivity contribution >= 4 is 11.9 Å². The summed E-state index contributed by atoms with van der Waals surface area (Å²) >= 11 is 0. The van der Waals surface area contributed by atoms with Crippen LogP contribution in [-0.4, -0.2) is 5.78 Å². The molecular formula is C20H13FO4. The molecule has 0 unspecified atom stereocenters. The van der Waals surface area contributed by atoms with E-state index in [2.05, 4.69) is 0 Å². The normalized spacial score (nSPS) is 14.4. The Morgan fingerprint density at radius 3 is 2.68 bits per heavy atom. The van der Waals surface area contributed by atoms with Crippen LogP contribution in [-0.2, 0) is 6.61 Å². The third kappa shape index (κ3) is 3.17. The zero-order valence-electron chi connectivity index (χ0n) is 13.1. The van der Waals surface area contributed by atoms with Crippen molar-refractivity contribution in [3.05, 3.63) is 89.3 Å². The number of hydrogen-bond acceptors (Lipinski definition) is 4. The second-order valence-corrected chi connectivity index (χ2v) is 5.53. The minimum absolute atomic E-state index is 0.198. The number of carbonyl (C=O) groups is 1. The van der Waals surface area contributed by atoms with Crippen LogP contribution < -0.4 is 9.47 Å². The topological polar surface area (TPSA) is 48.7 Å². The third-order valence-corrected chi connectivity index (χ3v) is 3.78. The van der Waals surface area contributed by atoms with Crippen molar-refractivity contribution in [2.45, 2.75) is 6.61 Å². The molecule has 25 heavy (non-hydrogen) atoms. The van der Waals surface area contributed by atoms with E-state index < -0.39 is 0 Å². The SMILES string of the molecule is O=C1/C(=C\c2ccco2)Oc2cc(OCc3ccc(F)cc3)ccc21. The largest absolute Gasteiger partial charge is 0.489 e. The van der Waals surface area contributed by atoms with Crippen LogP contribution >= 0.6 is 0 Å². The Balaban J connectivity index is 1.50. The molecule has 0 N–H and O–H groups in total. The molecule has 124 valence electrons. The second kappa shape index (κ2) is 6.28. The molecule has 0 atom stereocenters. The number of Topliss-reactive ketones (excluding diaryl/α,β-unsaturated/α-hetero) is 1. The van der Waals surface area contributed by atoms with Gasteiger partial charge in [0.1, 0.15) is 29.7 Å². The van der Waals surface area contributed by atoms with E-state index in [9.17, 15) is 9.18 Å². The Morgan fingerprint density at radius 1 is 1.08 bits per heavy atom. The van der Waals surface area contributed by atoms with Crippen LogP contribution in [0.3, 0.4) is 0 Å². The quantitative estimate of drug-likeness (QED) is 0.653. The number of hydrogen-bond donors (Lipinski definition) is 0. The Hall–Kier alpha value is -3.34. The van der Waals surface area contributed by atoms with Gasteiger partial charge in [-0.2, -0.15) is 0 Å². The van der Waals surface area contributed by atoms with Crippen LogP contribution in [0, 0.1) is 5.82 Å². The van der Waals surface area contributed by atoms with Crippen LogP contribution in [0.4, 0.5) is 4.39 Å². The molecule has 0 radical (unpaired) electrons. The number of carbonyl (C=O) groups excluding carboxylic acids is 1. The Labute approximate surface area is 143 Å². The first-order valence-electron chi connectivity index (χ1n) is 7.68. The molecule has 2 heterocycles. The van der Waals surface area contributed by atoms with Crippen LogP contribution in [0.1, 0.15) is 21.7 Å². The molecule has 4 rings (SSSR count). The maximum absolute atomic E-state index is 12.9. The molecule has 4 nitrogen and oxygen atoms in total. The van der Waals surface area contributed by atoms with E-state index in [0.717, 1.165) is 5.56 Å². The first-order chi connectivity index (χ1) is 12.2. The first kappa shape index (κ1) is 15.2. The van der Waals surface area contributed by atoms with Gasteiger partial charge in [0.25, 0.3) is 0 Å². The highest BCUT2D eigenvalue weighted by Crippen LogP contribution is 2.35. The fourth-order valence-electron chi connectivity index (χ4n) is 2.51. The average molecular weight is 336 g/mol. The number of fused-ring (bicyclic) bond motifs is 1. The Morgan fingerprint density at radius 2 is 1.92 bits per heavy atom. The number of allylic oxidation sites excluding steroid dienone is 1. The highest BCUT2D eigenvalue weighted by Gasteiger charge is 2.28. The van der Waals surface area contributed by atoms with E-state index >= 15 is 0 Å². The number of rotatable bonds is 4. The highest BCUT2D eigenvalue weighted by atomic mass is 19.1. The molecule has 1 aliphatic rings. The minimum atomic E-state index is -0.288. The summed E-state index contributed by atoms with van der Waals surface area (Å²) in [6.07, 6.45) is 3.09.